The lowest BCUT2D eigenvalue weighted by atomic mass is 10.0. The van der Waals surface area contributed by atoms with E-state index in [0.717, 1.165) is 30.4 Å². The minimum absolute atomic E-state index is 0.00998. The maximum atomic E-state index is 12.6. The van der Waals surface area contributed by atoms with Crippen molar-refractivity contribution in [2.24, 2.45) is 0 Å². The molecule has 0 amide bonds. The molecule has 2 nitrogen and oxygen atoms in total. The Bertz CT molecular complexity index is 467. The van der Waals surface area contributed by atoms with E-state index in [-0.39, 0.29) is 22.3 Å². The van der Waals surface area contributed by atoms with Crippen LogP contribution in [0.5, 0.6) is 0 Å². The van der Waals surface area contributed by atoms with Crippen molar-refractivity contribution in [3.05, 3.63) is 29.3 Å². The molecule has 0 aliphatic carbocycles. The van der Waals surface area contributed by atoms with Crippen LogP contribution in [0.3, 0.4) is 0 Å². The fourth-order valence-electron chi connectivity index (χ4n) is 1.90. The Labute approximate surface area is 107 Å². The molecule has 1 atom stereocenters. The summed E-state index contributed by atoms with van der Waals surface area (Å²) >= 11 is 1.48. The molecule has 6 heteroatoms. The lowest BCUT2D eigenvalue weighted by molar-refractivity contribution is -0.137. The minimum atomic E-state index is -4.45. The van der Waals surface area contributed by atoms with Gasteiger partial charge in [0.1, 0.15) is 0 Å². The van der Waals surface area contributed by atoms with E-state index in [2.05, 4.69) is 0 Å². The Morgan fingerprint density at radius 2 is 2.11 bits per heavy atom. The molecule has 1 heterocycles. The number of ketones is 1. The summed E-state index contributed by atoms with van der Waals surface area (Å²) in [6.07, 6.45) is -2.83. The van der Waals surface area contributed by atoms with Gasteiger partial charge in [0, 0.05) is 11.3 Å². The van der Waals surface area contributed by atoms with Crippen molar-refractivity contribution in [1.29, 1.82) is 0 Å². The van der Waals surface area contributed by atoms with Crippen LogP contribution in [-0.4, -0.2) is 16.8 Å². The van der Waals surface area contributed by atoms with Gasteiger partial charge < -0.3 is 5.73 Å². The fourth-order valence-corrected chi connectivity index (χ4v) is 3.13. The monoisotopic (exact) mass is 275 g/mol. The molecule has 0 bridgehead atoms. The van der Waals surface area contributed by atoms with Crippen LogP contribution in [-0.2, 0) is 6.18 Å². The normalized spacial score (nSPS) is 20.1. The first-order chi connectivity index (χ1) is 8.39. The summed E-state index contributed by atoms with van der Waals surface area (Å²) in [5.74, 6) is 0.580. The van der Waals surface area contributed by atoms with Crippen molar-refractivity contribution < 1.29 is 18.0 Å². The molecule has 2 N–H and O–H groups in total. The summed E-state index contributed by atoms with van der Waals surface area (Å²) < 4.78 is 37.7. The smallest absolute Gasteiger partial charge is 0.398 e. The third-order valence-electron chi connectivity index (χ3n) is 2.87. The van der Waals surface area contributed by atoms with E-state index in [1.807, 2.05) is 0 Å². The first-order valence-electron chi connectivity index (χ1n) is 5.52. The van der Waals surface area contributed by atoms with E-state index >= 15 is 0 Å². The Hall–Kier alpha value is -1.17. The zero-order valence-electron chi connectivity index (χ0n) is 9.46. The van der Waals surface area contributed by atoms with Crippen LogP contribution in [0.1, 0.15) is 28.8 Å². The predicted octanol–water partition coefficient (Wildman–Crippen LogP) is 3.37. The second-order valence-corrected chi connectivity index (χ2v) is 5.48. The highest BCUT2D eigenvalue weighted by Crippen LogP contribution is 2.34. The molecule has 0 radical (unpaired) electrons. The standard InChI is InChI=1S/C12H12F3NOS/c13-12(14,15)7-3-4-9(16)8(6-7)11(17)10-2-1-5-18-10/h3-4,6,10H,1-2,5,16H2. The van der Waals surface area contributed by atoms with Crippen LogP contribution in [0.2, 0.25) is 0 Å². The van der Waals surface area contributed by atoms with Crippen molar-refractivity contribution in [3.8, 4) is 0 Å². The summed E-state index contributed by atoms with van der Waals surface area (Å²) in [5, 5.41) is -0.254. The van der Waals surface area contributed by atoms with Gasteiger partial charge in [0.25, 0.3) is 0 Å². The Balaban J connectivity index is 2.34. The van der Waals surface area contributed by atoms with E-state index in [9.17, 15) is 18.0 Å². The maximum Gasteiger partial charge on any atom is 0.416 e. The number of alkyl halides is 3. The van der Waals surface area contributed by atoms with Crippen LogP contribution < -0.4 is 5.73 Å². The van der Waals surface area contributed by atoms with Gasteiger partial charge in [0.05, 0.1) is 10.8 Å². The summed E-state index contributed by atoms with van der Waals surface area (Å²) in [4.78, 5) is 12.1. The fraction of sp³-hybridized carbons (Fsp3) is 0.417. The number of hydrogen-bond donors (Lipinski definition) is 1. The lowest BCUT2D eigenvalue weighted by Gasteiger charge is -2.13. The highest BCUT2D eigenvalue weighted by Gasteiger charge is 2.33. The van der Waals surface area contributed by atoms with E-state index in [1.54, 1.807) is 0 Å². The van der Waals surface area contributed by atoms with Gasteiger partial charge in [-0.2, -0.15) is 24.9 Å². The van der Waals surface area contributed by atoms with Gasteiger partial charge in [0.15, 0.2) is 5.78 Å². The molecule has 1 fully saturated rings. The second kappa shape index (κ2) is 4.84. The number of benzene rings is 1. The van der Waals surface area contributed by atoms with Crippen molar-refractivity contribution in [2.75, 3.05) is 11.5 Å². The average Bonchev–Trinajstić information content (AvgIpc) is 2.80. The number of carbonyl (C=O) groups excluding carboxylic acids is 1. The summed E-state index contributed by atoms with van der Waals surface area (Å²) in [6.45, 7) is 0. The highest BCUT2D eigenvalue weighted by atomic mass is 32.2. The zero-order chi connectivity index (χ0) is 13.3. The molecule has 1 aliphatic heterocycles. The van der Waals surface area contributed by atoms with Gasteiger partial charge in [-0.1, -0.05) is 0 Å². The topological polar surface area (TPSA) is 43.1 Å². The largest absolute Gasteiger partial charge is 0.416 e. The minimum Gasteiger partial charge on any atom is -0.398 e. The van der Waals surface area contributed by atoms with Crippen LogP contribution in [0.4, 0.5) is 18.9 Å². The van der Waals surface area contributed by atoms with E-state index in [1.165, 1.54) is 11.8 Å². The average molecular weight is 275 g/mol. The number of nitrogen functional groups attached to an aromatic ring is 1. The molecule has 0 saturated carbocycles. The summed E-state index contributed by atoms with van der Waals surface area (Å²) in [7, 11) is 0. The van der Waals surface area contributed by atoms with Gasteiger partial charge in [-0.25, -0.2) is 0 Å². The molecule has 1 unspecified atom stereocenters. The number of nitrogens with two attached hydrogens (primary N) is 1. The third kappa shape index (κ3) is 2.63. The van der Waals surface area contributed by atoms with Gasteiger partial charge in [0.2, 0.25) is 0 Å². The molecule has 18 heavy (non-hydrogen) atoms. The van der Waals surface area contributed by atoms with Gasteiger partial charge in [-0.05, 0) is 36.8 Å². The predicted molar refractivity (Wildman–Crippen MR) is 65.7 cm³/mol. The molecule has 2 rings (SSSR count). The van der Waals surface area contributed by atoms with Gasteiger partial charge in [-0.15, -0.1) is 0 Å². The number of anilines is 1. The number of hydrogen-bond acceptors (Lipinski definition) is 3. The number of carbonyl (C=O) groups is 1. The highest BCUT2D eigenvalue weighted by molar-refractivity contribution is 8.00. The maximum absolute atomic E-state index is 12.6. The Kier molecular flexibility index (Phi) is 3.56. The molecule has 98 valence electrons. The second-order valence-electron chi connectivity index (χ2n) is 4.17. The van der Waals surface area contributed by atoms with Gasteiger partial charge in [-0.3, -0.25) is 4.79 Å². The molecule has 0 spiro atoms. The Morgan fingerprint density at radius 1 is 1.39 bits per heavy atom. The zero-order valence-corrected chi connectivity index (χ0v) is 10.3. The molecule has 1 aromatic carbocycles. The van der Waals surface area contributed by atoms with Crippen molar-refractivity contribution in [2.45, 2.75) is 24.3 Å². The molecule has 0 aromatic heterocycles. The molecule has 1 saturated heterocycles. The SMILES string of the molecule is Nc1ccc(C(F)(F)F)cc1C(=O)C1CCCS1. The first-order valence-corrected chi connectivity index (χ1v) is 6.57. The quantitative estimate of drug-likeness (QED) is 0.664. The van der Waals surface area contributed by atoms with Crippen LogP contribution in [0.15, 0.2) is 18.2 Å². The molecular formula is C12H12F3NOS. The van der Waals surface area contributed by atoms with Gasteiger partial charge >= 0.3 is 6.18 Å². The number of thioether (sulfide) groups is 1. The lowest BCUT2D eigenvalue weighted by Crippen LogP contribution is -2.17. The number of Topliss-reactive ketones (excluding diaryl/α,β-unsaturated/α-hetero) is 1. The van der Waals surface area contributed by atoms with Crippen LogP contribution >= 0.6 is 11.8 Å². The molecule has 1 aromatic rings. The van der Waals surface area contributed by atoms with E-state index in [0.29, 0.717) is 6.42 Å². The molecular weight excluding hydrogens is 263 g/mol. The van der Waals surface area contributed by atoms with Crippen LogP contribution in [0.25, 0.3) is 0 Å². The number of halogens is 3. The van der Waals surface area contributed by atoms with Crippen molar-refractivity contribution in [3.63, 3.8) is 0 Å². The Morgan fingerprint density at radius 3 is 2.67 bits per heavy atom. The third-order valence-corrected chi connectivity index (χ3v) is 4.24. The number of rotatable bonds is 2. The summed E-state index contributed by atoms with van der Waals surface area (Å²) in [5.41, 5.74) is 4.87. The van der Waals surface area contributed by atoms with E-state index < -0.39 is 11.7 Å². The summed E-state index contributed by atoms with van der Waals surface area (Å²) in [6, 6.07) is 2.90. The first kappa shape index (κ1) is 13.3. The molecule has 1 aliphatic rings. The van der Waals surface area contributed by atoms with Crippen molar-refractivity contribution in [1.82, 2.24) is 0 Å². The van der Waals surface area contributed by atoms with Crippen LogP contribution in [0, 0.1) is 0 Å². The van der Waals surface area contributed by atoms with E-state index in [4.69, 9.17) is 5.73 Å². The van der Waals surface area contributed by atoms with Crippen molar-refractivity contribution >= 4 is 23.2 Å².